The normalized spacial score (nSPS) is 13.4. The van der Waals surface area contributed by atoms with Gasteiger partial charge in [-0.25, -0.2) is 9.67 Å². The van der Waals surface area contributed by atoms with E-state index in [4.69, 9.17) is 9.72 Å². The van der Waals surface area contributed by atoms with Crippen LogP contribution in [0.1, 0.15) is 67.7 Å². The molecule has 8 nitrogen and oxygen atoms in total. The van der Waals surface area contributed by atoms with Crippen LogP contribution in [0.5, 0.6) is 5.75 Å². The van der Waals surface area contributed by atoms with Crippen molar-refractivity contribution in [1.29, 1.82) is 0 Å². The lowest BCUT2D eigenvalue weighted by molar-refractivity contribution is -0.116. The Morgan fingerprint density at radius 3 is 2.78 bits per heavy atom. The SMILES string of the molecule is CC(C)c1cc(C(=O)NCCOc2ccc3c(c2)CCC(=O)N3)c2cnn(C(C)C)c2n1. The van der Waals surface area contributed by atoms with E-state index < -0.39 is 0 Å². The van der Waals surface area contributed by atoms with Gasteiger partial charge in [0, 0.05) is 23.8 Å². The number of fused-ring (bicyclic) bond motifs is 2. The molecule has 1 aliphatic heterocycles. The van der Waals surface area contributed by atoms with E-state index in [1.54, 1.807) is 6.20 Å². The molecule has 0 saturated heterocycles. The van der Waals surface area contributed by atoms with Crippen molar-refractivity contribution in [3.05, 3.63) is 47.3 Å². The fourth-order valence-corrected chi connectivity index (χ4v) is 3.78. The molecule has 0 saturated carbocycles. The van der Waals surface area contributed by atoms with Crippen molar-refractivity contribution >= 4 is 28.5 Å². The highest BCUT2D eigenvalue weighted by molar-refractivity contribution is 6.05. The lowest BCUT2D eigenvalue weighted by Crippen LogP contribution is -2.28. The van der Waals surface area contributed by atoms with Crippen LogP contribution in [-0.4, -0.2) is 39.7 Å². The second-order valence-electron chi connectivity index (χ2n) is 8.64. The number of aromatic nitrogens is 3. The number of anilines is 1. The van der Waals surface area contributed by atoms with Gasteiger partial charge in [0.15, 0.2) is 5.65 Å². The van der Waals surface area contributed by atoms with E-state index in [0.717, 1.165) is 33.7 Å². The monoisotopic (exact) mass is 435 g/mol. The van der Waals surface area contributed by atoms with Gasteiger partial charge in [0.2, 0.25) is 5.91 Å². The Kier molecular flexibility index (Phi) is 6.12. The van der Waals surface area contributed by atoms with Crippen molar-refractivity contribution in [1.82, 2.24) is 20.1 Å². The zero-order valence-electron chi connectivity index (χ0n) is 18.9. The predicted octanol–water partition coefficient (Wildman–Crippen LogP) is 3.83. The van der Waals surface area contributed by atoms with Gasteiger partial charge in [0.25, 0.3) is 5.91 Å². The van der Waals surface area contributed by atoms with Crippen LogP contribution in [0.2, 0.25) is 0 Å². The van der Waals surface area contributed by atoms with Crippen molar-refractivity contribution in [3.8, 4) is 5.75 Å². The largest absolute Gasteiger partial charge is 0.492 e. The van der Waals surface area contributed by atoms with Crippen molar-refractivity contribution < 1.29 is 14.3 Å². The van der Waals surface area contributed by atoms with E-state index in [-0.39, 0.29) is 23.8 Å². The van der Waals surface area contributed by atoms with Gasteiger partial charge in [-0.2, -0.15) is 5.10 Å². The molecule has 0 spiro atoms. The number of hydrogen-bond acceptors (Lipinski definition) is 5. The minimum atomic E-state index is -0.167. The molecule has 0 aliphatic carbocycles. The molecule has 1 aliphatic rings. The van der Waals surface area contributed by atoms with Crippen molar-refractivity contribution in [3.63, 3.8) is 0 Å². The molecule has 8 heteroatoms. The summed E-state index contributed by atoms with van der Waals surface area (Å²) in [6, 6.07) is 7.63. The molecule has 0 radical (unpaired) electrons. The van der Waals surface area contributed by atoms with Crippen LogP contribution in [0.25, 0.3) is 11.0 Å². The molecule has 2 amide bonds. The van der Waals surface area contributed by atoms with Crippen molar-refractivity contribution in [2.24, 2.45) is 0 Å². The number of ether oxygens (including phenoxy) is 1. The number of amides is 2. The Morgan fingerprint density at radius 1 is 1.22 bits per heavy atom. The summed E-state index contributed by atoms with van der Waals surface area (Å²) in [7, 11) is 0. The number of nitrogens with one attached hydrogen (secondary N) is 2. The second-order valence-corrected chi connectivity index (χ2v) is 8.64. The Morgan fingerprint density at radius 2 is 2.03 bits per heavy atom. The second kappa shape index (κ2) is 8.98. The van der Waals surface area contributed by atoms with Crippen LogP contribution in [-0.2, 0) is 11.2 Å². The number of nitrogens with zero attached hydrogens (tertiary/aromatic N) is 3. The molecule has 0 bridgehead atoms. The average molecular weight is 436 g/mol. The summed E-state index contributed by atoms with van der Waals surface area (Å²) in [5.41, 5.74) is 4.08. The van der Waals surface area contributed by atoms with Gasteiger partial charge >= 0.3 is 0 Å². The quantitative estimate of drug-likeness (QED) is 0.550. The third-order valence-electron chi connectivity index (χ3n) is 5.54. The first-order valence-corrected chi connectivity index (χ1v) is 11.1. The summed E-state index contributed by atoms with van der Waals surface area (Å²) in [6.45, 7) is 8.91. The van der Waals surface area contributed by atoms with Gasteiger partial charge in [0.1, 0.15) is 12.4 Å². The highest BCUT2D eigenvalue weighted by atomic mass is 16.5. The average Bonchev–Trinajstić information content (AvgIpc) is 3.20. The molecule has 4 rings (SSSR count). The van der Waals surface area contributed by atoms with Crippen LogP contribution < -0.4 is 15.4 Å². The highest BCUT2D eigenvalue weighted by Crippen LogP contribution is 2.27. The third kappa shape index (κ3) is 4.44. The van der Waals surface area contributed by atoms with Crippen LogP contribution in [0.4, 0.5) is 5.69 Å². The fraction of sp³-hybridized carbons (Fsp3) is 0.417. The summed E-state index contributed by atoms with van der Waals surface area (Å²) in [4.78, 5) is 29.2. The summed E-state index contributed by atoms with van der Waals surface area (Å²) >= 11 is 0. The number of pyridine rings is 1. The van der Waals surface area contributed by atoms with Gasteiger partial charge in [-0.15, -0.1) is 0 Å². The zero-order valence-corrected chi connectivity index (χ0v) is 18.9. The Balaban J connectivity index is 1.43. The maximum absolute atomic E-state index is 13.0. The maximum atomic E-state index is 13.0. The molecule has 0 atom stereocenters. The molecule has 2 N–H and O–H groups in total. The fourth-order valence-electron chi connectivity index (χ4n) is 3.78. The van der Waals surface area contributed by atoms with Gasteiger partial charge < -0.3 is 15.4 Å². The molecule has 0 fully saturated rings. The first kappa shape index (κ1) is 21.8. The lowest BCUT2D eigenvalue weighted by atomic mass is 10.0. The topological polar surface area (TPSA) is 98.1 Å². The molecule has 3 aromatic rings. The minimum Gasteiger partial charge on any atom is -0.492 e. The standard InChI is InChI=1S/C24H29N5O3/c1-14(2)21-12-18(19-13-26-29(15(3)4)23(19)28-21)24(31)25-9-10-32-17-6-7-20-16(11-17)5-8-22(30)27-20/h6-7,11-15H,5,8-10H2,1-4H3,(H,25,31)(H,27,30). The van der Waals surface area contributed by atoms with Gasteiger partial charge in [-0.1, -0.05) is 13.8 Å². The Hall–Kier alpha value is -3.42. The van der Waals surface area contributed by atoms with E-state index >= 15 is 0 Å². The van der Waals surface area contributed by atoms with E-state index in [1.165, 1.54) is 0 Å². The summed E-state index contributed by atoms with van der Waals surface area (Å²) in [5, 5.41) is 11.0. The molecule has 168 valence electrons. The molecular weight excluding hydrogens is 406 g/mol. The summed E-state index contributed by atoms with van der Waals surface area (Å²) in [6.07, 6.45) is 2.90. The molecular formula is C24H29N5O3. The molecule has 3 heterocycles. The van der Waals surface area contributed by atoms with Crippen molar-refractivity contribution in [2.45, 2.75) is 52.5 Å². The lowest BCUT2D eigenvalue weighted by Gasteiger charge is -2.17. The summed E-state index contributed by atoms with van der Waals surface area (Å²) < 4.78 is 7.66. The first-order valence-electron chi connectivity index (χ1n) is 11.1. The van der Waals surface area contributed by atoms with Crippen LogP contribution in [0.3, 0.4) is 0 Å². The van der Waals surface area contributed by atoms with Gasteiger partial charge in [-0.05, 0) is 56.0 Å². The zero-order chi connectivity index (χ0) is 22.8. The van der Waals surface area contributed by atoms with E-state index in [2.05, 4.69) is 29.6 Å². The minimum absolute atomic E-state index is 0.0404. The maximum Gasteiger partial charge on any atom is 0.252 e. The van der Waals surface area contributed by atoms with Crippen LogP contribution in [0, 0.1) is 0 Å². The predicted molar refractivity (Wildman–Crippen MR) is 123 cm³/mol. The Labute approximate surface area is 187 Å². The third-order valence-corrected chi connectivity index (χ3v) is 5.54. The van der Waals surface area contributed by atoms with E-state index in [0.29, 0.717) is 31.6 Å². The van der Waals surface area contributed by atoms with E-state index in [1.807, 2.05) is 42.8 Å². The van der Waals surface area contributed by atoms with Gasteiger partial charge in [0.05, 0.1) is 23.7 Å². The van der Waals surface area contributed by atoms with Crippen molar-refractivity contribution in [2.75, 3.05) is 18.5 Å². The molecule has 2 aromatic heterocycles. The molecule has 0 unspecified atom stereocenters. The highest BCUT2D eigenvalue weighted by Gasteiger charge is 2.19. The molecule has 32 heavy (non-hydrogen) atoms. The van der Waals surface area contributed by atoms with Gasteiger partial charge in [-0.3, -0.25) is 9.59 Å². The number of carbonyl (C=O) groups excluding carboxylic acids is 2. The summed E-state index contributed by atoms with van der Waals surface area (Å²) in [5.74, 6) is 0.789. The van der Waals surface area contributed by atoms with E-state index in [9.17, 15) is 9.59 Å². The van der Waals surface area contributed by atoms with Crippen LogP contribution >= 0.6 is 0 Å². The molecule has 1 aromatic carbocycles. The first-order chi connectivity index (χ1) is 15.3. The number of aryl methyl sites for hydroxylation is 1. The number of rotatable bonds is 7. The van der Waals surface area contributed by atoms with Crippen LogP contribution in [0.15, 0.2) is 30.5 Å². The number of carbonyl (C=O) groups is 2. The number of benzene rings is 1. The Bertz CT molecular complexity index is 1170. The smallest absolute Gasteiger partial charge is 0.252 e. The number of hydrogen-bond donors (Lipinski definition) is 2.